The summed E-state index contributed by atoms with van der Waals surface area (Å²) in [5, 5.41) is 9.39. The van der Waals surface area contributed by atoms with E-state index < -0.39 is 0 Å². The van der Waals surface area contributed by atoms with Crippen molar-refractivity contribution in [1.82, 2.24) is 19.5 Å². The molecule has 4 rings (SSSR count). The summed E-state index contributed by atoms with van der Waals surface area (Å²) in [4.78, 5) is 25.0. The summed E-state index contributed by atoms with van der Waals surface area (Å²) < 4.78 is 1.87. The number of hydrogen-bond donors (Lipinski definition) is 3. The minimum Gasteiger partial charge on any atom is -0.340 e. The van der Waals surface area contributed by atoms with Crippen LogP contribution in [0.25, 0.3) is 5.82 Å². The molecule has 0 fully saturated rings. The minimum absolute atomic E-state index is 0.350. The zero-order chi connectivity index (χ0) is 21.8. The van der Waals surface area contributed by atoms with Crippen molar-refractivity contribution in [3.05, 3.63) is 83.7 Å². The molecule has 9 heteroatoms. The van der Waals surface area contributed by atoms with Crippen molar-refractivity contribution in [3.8, 4) is 5.82 Å². The first-order valence-electron chi connectivity index (χ1n) is 9.51. The van der Waals surface area contributed by atoms with Crippen LogP contribution >= 0.6 is 11.6 Å². The number of benzene rings is 2. The molecule has 0 unspecified atom stereocenters. The summed E-state index contributed by atoms with van der Waals surface area (Å²) in [5.41, 5.74) is 3.05. The Kier molecular flexibility index (Phi) is 5.81. The molecule has 0 radical (unpaired) electrons. The first-order chi connectivity index (χ1) is 15.0. The van der Waals surface area contributed by atoms with Gasteiger partial charge in [-0.1, -0.05) is 17.7 Å². The summed E-state index contributed by atoms with van der Waals surface area (Å²) in [7, 11) is 0. The third-order valence-corrected chi connectivity index (χ3v) is 4.98. The van der Waals surface area contributed by atoms with Crippen molar-refractivity contribution in [2.45, 2.75) is 13.8 Å². The fourth-order valence-corrected chi connectivity index (χ4v) is 3.10. The number of hydrogen-bond acceptors (Lipinski definition) is 5. The Morgan fingerprint density at radius 2 is 1.61 bits per heavy atom. The molecule has 8 nitrogen and oxygen atoms in total. The van der Waals surface area contributed by atoms with E-state index in [9.17, 15) is 4.79 Å². The van der Waals surface area contributed by atoms with Crippen LogP contribution in [-0.2, 0) is 0 Å². The molecule has 0 saturated carbocycles. The third kappa shape index (κ3) is 4.99. The van der Waals surface area contributed by atoms with Crippen LogP contribution < -0.4 is 16.0 Å². The normalized spacial score (nSPS) is 10.5. The Bertz CT molecular complexity index is 1220. The molecule has 2 aromatic heterocycles. The van der Waals surface area contributed by atoms with E-state index in [1.165, 1.54) is 6.33 Å². The molecule has 3 N–H and O–H groups in total. The number of nitrogens with one attached hydrogen (secondary N) is 3. The topological polar surface area (TPSA) is 96.8 Å². The molecule has 0 aliphatic rings. The fourth-order valence-electron chi connectivity index (χ4n) is 2.92. The SMILES string of the molecule is Cc1ccc(NC(=O)Nc2ccc(Nc3cc(-n4ccnc4C)ncn3)cc2)cc1Cl. The molecule has 2 amide bonds. The minimum atomic E-state index is -0.350. The van der Waals surface area contributed by atoms with Crippen LogP contribution in [0, 0.1) is 13.8 Å². The molecule has 0 aliphatic heterocycles. The molecular formula is C22H20ClN7O. The van der Waals surface area contributed by atoms with Gasteiger partial charge in [-0.3, -0.25) is 4.57 Å². The second-order valence-corrected chi connectivity index (χ2v) is 7.26. The number of rotatable bonds is 5. The Morgan fingerprint density at radius 1 is 0.903 bits per heavy atom. The summed E-state index contributed by atoms with van der Waals surface area (Å²) >= 11 is 6.10. The van der Waals surface area contributed by atoms with Crippen LogP contribution in [0.1, 0.15) is 11.4 Å². The van der Waals surface area contributed by atoms with E-state index >= 15 is 0 Å². The highest BCUT2D eigenvalue weighted by atomic mass is 35.5. The first kappa shape index (κ1) is 20.4. The predicted octanol–water partition coefficient (Wildman–Crippen LogP) is 5.32. The van der Waals surface area contributed by atoms with Gasteiger partial charge in [-0.25, -0.2) is 19.7 Å². The maximum atomic E-state index is 12.2. The van der Waals surface area contributed by atoms with Crippen molar-refractivity contribution >= 4 is 40.5 Å². The van der Waals surface area contributed by atoms with Gasteiger partial charge < -0.3 is 16.0 Å². The van der Waals surface area contributed by atoms with Crippen molar-refractivity contribution < 1.29 is 4.79 Å². The Morgan fingerprint density at radius 3 is 2.32 bits per heavy atom. The Labute approximate surface area is 184 Å². The van der Waals surface area contributed by atoms with Crippen LogP contribution in [-0.4, -0.2) is 25.6 Å². The number of aryl methyl sites for hydroxylation is 2. The second kappa shape index (κ2) is 8.85. The Hall–Kier alpha value is -3.91. The van der Waals surface area contributed by atoms with E-state index in [-0.39, 0.29) is 6.03 Å². The summed E-state index contributed by atoms with van der Waals surface area (Å²) in [5.74, 6) is 2.21. The summed E-state index contributed by atoms with van der Waals surface area (Å²) in [6.07, 6.45) is 5.06. The van der Waals surface area contributed by atoms with E-state index in [4.69, 9.17) is 11.6 Å². The van der Waals surface area contributed by atoms with E-state index in [2.05, 4.69) is 30.9 Å². The molecule has 2 aromatic carbocycles. The highest BCUT2D eigenvalue weighted by Gasteiger charge is 2.06. The van der Waals surface area contributed by atoms with E-state index in [1.807, 2.05) is 48.9 Å². The molecule has 0 aliphatic carbocycles. The predicted molar refractivity (Wildman–Crippen MR) is 122 cm³/mol. The van der Waals surface area contributed by atoms with Crippen LogP contribution in [0.2, 0.25) is 5.02 Å². The molecule has 0 saturated heterocycles. The van der Waals surface area contributed by atoms with Gasteiger partial charge >= 0.3 is 6.03 Å². The van der Waals surface area contributed by atoms with Crippen LogP contribution in [0.15, 0.2) is 67.3 Å². The zero-order valence-electron chi connectivity index (χ0n) is 16.9. The van der Waals surface area contributed by atoms with Gasteiger partial charge in [-0.05, 0) is 55.8 Å². The standard InChI is InChI=1S/C22H20ClN7O/c1-14-3-4-18(11-19(14)23)29-22(31)28-17-7-5-16(6-8-17)27-20-12-21(26-13-25-20)30-10-9-24-15(30)2/h3-13H,1-2H3,(H,25,26,27)(H2,28,29,31). The Balaban J connectivity index is 1.39. The lowest BCUT2D eigenvalue weighted by atomic mass is 10.2. The maximum Gasteiger partial charge on any atom is 0.323 e. The van der Waals surface area contributed by atoms with Crippen LogP contribution in [0.4, 0.5) is 27.7 Å². The lowest BCUT2D eigenvalue weighted by molar-refractivity contribution is 0.262. The smallest absolute Gasteiger partial charge is 0.323 e. The van der Waals surface area contributed by atoms with Crippen molar-refractivity contribution in [2.75, 3.05) is 16.0 Å². The quantitative estimate of drug-likeness (QED) is 0.395. The number of anilines is 4. The van der Waals surface area contributed by atoms with Crippen LogP contribution in [0.5, 0.6) is 0 Å². The van der Waals surface area contributed by atoms with Gasteiger partial charge in [0.05, 0.1) is 0 Å². The average Bonchev–Trinajstić information content (AvgIpc) is 3.18. The number of carbonyl (C=O) groups excluding carboxylic acids is 1. The number of amides is 2. The molecular weight excluding hydrogens is 414 g/mol. The van der Waals surface area contributed by atoms with Gasteiger partial charge in [0.2, 0.25) is 0 Å². The molecule has 2 heterocycles. The number of halogens is 1. The van der Waals surface area contributed by atoms with Gasteiger partial charge in [0.15, 0.2) is 0 Å². The number of imidazole rings is 1. The average molecular weight is 434 g/mol. The fraction of sp³-hybridized carbons (Fsp3) is 0.0909. The van der Waals surface area contributed by atoms with Crippen LogP contribution in [0.3, 0.4) is 0 Å². The third-order valence-electron chi connectivity index (χ3n) is 4.57. The van der Waals surface area contributed by atoms with E-state index in [0.29, 0.717) is 22.2 Å². The largest absolute Gasteiger partial charge is 0.340 e. The van der Waals surface area contributed by atoms with Gasteiger partial charge in [-0.2, -0.15) is 0 Å². The number of carbonyl (C=O) groups is 1. The van der Waals surface area contributed by atoms with Gasteiger partial charge in [0.1, 0.15) is 23.8 Å². The molecule has 4 aromatic rings. The first-order valence-corrected chi connectivity index (χ1v) is 9.89. The molecule has 0 bridgehead atoms. The molecule has 31 heavy (non-hydrogen) atoms. The molecule has 0 spiro atoms. The highest BCUT2D eigenvalue weighted by Crippen LogP contribution is 2.21. The maximum absolute atomic E-state index is 12.2. The van der Waals surface area contributed by atoms with Crippen molar-refractivity contribution in [2.24, 2.45) is 0 Å². The second-order valence-electron chi connectivity index (χ2n) is 6.85. The van der Waals surface area contributed by atoms with Gasteiger partial charge in [0.25, 0.3) is 0 Å². The highest BCUT2D eigenvalue weighted by molar-refractivity contribution is 6.31. The number of nitrogens with zero attached hydrogens (tertiary/aromatic N) is 4. The zero-order valence-corrected chi connectivity index (χ0v) is 17.7. The molecule has 0 atom stereocenters. The molecule has 156 valence electrons. The monoisotopic (exact) mass is 433 g/mol. The summed E-state index contributed by atoms with van der Waals surface area (Å²) in [6.45, 7) is 3.81. The van der Waals surface area contributed by atoms with Crippen molar-refractivity contribution in [1.29, 1.82) is 0 Å². The summed E-state index contributed by atoms with van der Waals surface area (Å²) in [6, 6.07) is 14.1. The van der Waals surface area contributed by atoms with Gasteiger partial charge in [-0.15, -0.1) is 0 Å². The van der Waals surface area contributed by atoms with Gasteiger partial charge in [0, 0.05) is 40.5 Å². The van der Waals surface area contributed by atoms with E-state index in [1.54, 1.807) is 30.5 Å². The number of urea groups is 1. The van der Waals surface area contributed by atoms with Crippen molar-refractivity contribution in [3.63, 3.8) is 0 Å². The van der Waals surface area contributed by atoms with E-state index in [0.717, 1.165) is 22.9 Å². The lowest BCUT2D eigenvalue weighted by Crippen LogP contribution is -2.19. The lowest BCUT2D eigenvalue weighted by Gasteiger charge is -2.11. The number of aromatic nitrogens is 4.